The first-order valence-electron chi connectivity index (χ1n) is 17.2. The summed E-state index contributed by atoms with van der Waals surface area (Å²) in [5, 5.41) is 11.5. The Kier molecular flexibility index (Phi) is 8.50. The number of carbonyl (C=O) groups is 2. The number of rotatable bonds is 8. The molecule has 0 radical (unpaired) electrons. The van der Waals surface area contributed by atoms with Crippen molar-refractivity contribution in [2.75, 3.05) is 28.4 Å². The smallest absolute Gasteiger partial charge is 0.347 e. The van der Waals surface area contributed by atoms with Crippen LogP contribution >= 0.6 is 0 Å². The van der Waals surface area contributed by atoms with Gasteiger partial charge in [-0.15, -0.1) is 0 Å². The van der Waals surface area contributed by atoms with E-state index in [4.69, 9.17) is 18.9 Å². The Hall–Kier alpha value is -5.86. The maximum atomic E-state index is 14.4. The molecule has 3 aliphatic rings. The van der Waals surface area contributed by atoms with Gasteiger partial charge in [0.05, 0.1) is 57.5 Å². The van der Waals surface area contributed by atoms with E-state index in [9.17, 15) is 29.1 Å². The Bertz CT molecular complexity index is 2500. The van der Waals surface area contributed by atoms with Crippen molar-refractivity contribution in [3.63, 3.8) is 0 Å². The van der Waals surface area contributed by atoms with E-state index in [0.29, 0.717) is 45.0 Å². The van der Waals surface area contributed by atoms with Gasteiger partial charge in [-0.2, -0.15) is 0 Å². The minimum absolute atomic E-state index is 0.0169. The van der Waals surface area contributed by atoms with Crippen LogP contribution in [0, 0.1) is 11.3 Å². The fourth-order valence-electron chi connectivity index (χ4n) is 8.64. The number of phenolic OH excluding ortho intramolecular Hbond substituents is 1. The molecule has 2 aromatic heterocycles. The van der Waals surface area contributed by atoms with Crippen LogP contribution in [0.2, 0.25) is 0 Å². The van der Waals surface area contributed by atoms with E-state index in [-0.39, 0.29) is 60.3 Å². The van der Waals surface area contributed by atoms with Crippen LogP contribution in [-0.2, 0) is 36.1 Å². The van der Waals surface area contributed by atoms with Gasteiger partial charge < -0.3 is 28.6 Å². The van der Waals surface area contributed by atoms with Gasteiger partial charge in [0.1, 0.15) is 22.9 Å². The molecule has 53 heavy (non-hydrogen) atoms. The van der Waals surface area contributed by atoms with Gasteiger partial charge in [-0.1, -0.05) is 13.0 Å². The third-order valence-corrected chi connectivity index (χ3v) is 11.6. The monoisotopic (exact) mass is 727 g/mol. The normalized spacial score (nSPS) is 22.3. The molecule has 4 aromatic rings. The van der Waals surface area contributed by atoms with Gasteiger partial charge in [0, 0.05) is 61.7 Å². The molecule has 7 rings (SSSR count). The van der Waals surface area contributed by atoms with E-state index in [1.807, 2.05) is 0 Å². The largest absolute Gasteiger partial charge is 0.507 e. The lowest BCUT2D eigenvalue weighted by molar-refractivity contribution is -0.140. The molecular weight excluding hydrogens is 686 g/mol. The number of aryl methyl sites for hydroxylation is 2. The average molecular weight is 728 g/mol. The first-order chi connectivity index (χ1) is 25.2. The summed E-state index contributed by atoms with van der Waals surface area (Å²) in [5.41, 5.74) is -0.298. The molecule has 15 heteroatoms. The standard InChI is InChI=1S/C38H41N5O10/c1-18-19(2)34(46)38(3)22(33(18)45)15-25-21(32(38)31-27(44)13-20(50-5)14-30(31)53-8)9-12-42-36(48)41(37(49)43(25)42)11-10-23-35(47)40(4)26-17-29(52-7)28(51-6)16-24(26)39-23/h9,13-14,16-17,22,25,32,44H,10-12,15H2,1-8H3/t22-,25+,32+,38+/m0/s1. The molecule has 0 saturated heterocycles. The van der Waals surface area contributed by atoms with Crippen LogP contribution in [0.1, 0.15) is 50.4 Å². The summed E-state index contributed by atoms with van der Waals surface area (Å²) < 4.78 is 27.1. The van der Waals surface area contributed by atoms with Gasteiger partial charge >= 0.3 is 11.4 Å². The van der Waals surface area contributed by atoms with Gasteiger partial charge in [-0.05, 0) is 37.0 Å². The Morgan fingerprint density at radius 3 is 2.23 bits per heavy atom. The number of aromatic nitrogens is 5. The summed E-state index contributed by atoms with van der Waals surface area (Å²) in [6.45, 7) is 4.82. The zero-order valence-electron chi connectivity index (χ0n) is 30.8. The number of fused-ring (bicyclic) bond motifs is 5. The number of ether oxygens (including phenoxy) is 4. The molecule has 1 saturated carbocycles. The lowest BCUT2D eigenvalue weighted by Gasteiger charge is -2.53. The van der Waals surface area contributed by atoms with E-state index in [1.165, 1.54) is 48.4 Å². The second-order valence-corrected chi connectivity index (χ2v) is 13.9. The summed E-state index contributed by atoms with van der Waals surface area (Å²) in [6, 6.07) is 5.50. The van der Waals surface area contributed by atoms with Gasteiger partial charge in [-0.3, -0.25) is 14.4 Å². The molecule has 278 valence electrons. The zero-order valence-corrected chi connectivity index (χ0v) is 30.8. The number of Topliss-reactive ketones (excluding diaryl/α,β-unsaturated/α-hetero) is 2. The minimum atomic E-state index is -1.36. The van der Waals surface area contributed by atoms with Crippen molar-refractivity contribution in [2.24, 2.45) is 18.4 Å². The molecule has 15 nitrogen and oxygen atoms in total. The number of hydrogen-bond donors (Lipinski definition) is 1. The van der Waals surface area contributed by atoms with Crippen LogP contribution in [0.25, 0.3) is 11.0 Å². The maximum absolute atomic E-state index is 14.4. The van der Waals surface area contributed by atoms with Crippen molar-refractivity contribution in [3.05, 3.63) is 89.6 Å². The van der Waals surface area contributed by atoms with Gasteiger partial charge in [0.2, 0.25) is 0 Å². The quantitative estimate of drug-likeness (QED) is 0.264. The number of hydrogen-bond acceptors (Lipinski definition) is 11. The van der Waals surface area contributed by atoms with E-state index in [1.54, 1.807) is 52.1 Å². The summed E-state index contributed by atoms with van der Waals surface area (Å²) in [7, 11) is 7.47. The minimum Gasteiger partial charge on any atom is -0.507 e. The highest BCUT2D eigenvalue weighted by Gasteiger charge is 2.61. The fourth-order valence-corrected chi connectivity index (χ4v) is 8.64. The van der Waals surface area contributed by atoms with Crippen LogP contribution in [-0.4, -0.2) is 68.6 Å². The molecule has 3 heterocycles. The lowest BCUT2D eigenvalue weighted by Crippen LogP contribution is -2.55. The SMILES string of the molecule is COc1cc(O)c([C@H]2C3=CCn4c(=O)n(CCc5nc6cc(OC)c(OC)cc6n(C)c5=O)c(=O)n4[C@@H]3C[C@H]3C(=O)C(C)=C(C)C(=O)[C@@]23C)c(OC)c1. The van der Waals surface area contributed by atoms with Crippen LogP contribution in [0.5, 0.6) is 28.7 Å². The van der Waals surface area contributed by atoms with Crippen molar-refractivity contribution in [3.8, 4) is 28.7 Å². The molecule has 0 amide bonds. The third-order valence-electron chi connectivity index (χ3n) is 11.6. The maximum Gasteiger partial charge on any atom is 0.347 e. The van der Waals surface area contributed by atoms with Crippen LogP contribution in [0.15, 0.2) is 61.4 Å². The predicted octanol–water partition coefficient (Wildman–Crippen LogP) is 2.82. The van der Waals surface area contributed by atoms with E-state index >= 15 is 0 Å². The first kappa shape index (κ1) is 35.5. The Morgan fingerprint density at radius 1 is 0.887 bits per heavy atom. The highest BCUT2D eigenvalue weighted by Crippen LogP contribution is 2.63. The Balaban J connectivity index is 1.34. The second-order valence-electron chi connectivity index (χ2n) is 13.9. The highest BCUT2D eigenvalue weighted by molar-refractivity contribution is 6.15. The van der Waals surface area contributed by atoms with Gasteiger partial charge in [-0.25, -0.2) is 28.5 Å². The molecule has 0 unspecified atom stereocenters. The molecule has 2 aliphatic carbocycles. The predicted molar refractivity (Wildman–Crippen MR) is 192 cm³/mol. The molecule has 1 fully saturated rings. The summed E-state index contributed by atoms with van der Waals surface area (Å²) in [5.74, 6) is -1.06. The summed E-state index contributed by atoms with van der Waals surface area (Å²) in [6.07, 6.45) is 1.83. The van der Waals surface area contributed by atoms with Crippen molar-refractivity contribution in [1.82, 2.24) is 23.5 Å². The third kappa shape index (κ3) is 5.00. The lowest BCUT2D eigenvalue weighted by atomic mass is 9.50. The number of nitrogens with zero attached hydrogens (tertiary/aromatic N) is 5. The molecule has 0 bridgehead atoms. The fraction of sp³-hybridized carbons (Fsp3) is 0.421. The molecule has 1 aliphatic heterocycles. The molecule has 2 aromatic carbocycles. The number of carbonyl (C=O) groups excluding carboxylic acids is 2. The van der Waals surface area contributed by atoms with E-state index in [2.05, 4.69) is 4.98 Å². The van der Waals surface area contributed by atoms with Crippen molar-refractivity contribution in [1.29, 1.82) is 0 Å². The molecule has 0 spiro atoms. The van der Waals surface area contributed by atoms with Crippen molar-refractivity contribution < 1.29 is 33.6 Å². The number of aromatic hydroxyl groups is 1. The summed E-state index contributed by atoms with van der Waals surface area (Å²) >= 11 is 0. The molecule has 1 N–H and O–H groups in total. The van der Waals surface area contributed by atoms with Crippen molar-refractivity contribution in [2.45, 2.75) is 58.7 Å². The van der Waals surface area contributed by atoms with Crippen LogP contribution < -0.4 is 35.9 Å². The number of allylic oxidation sites excluding steroid dienone is 4. The van der Waals surface area contributed by atoms with Crippen molar-refractivity contribution >= 4 is 22.6 Å². The Labute approximate surface area is 303 Å². The number of ketones is 2. The highest BCUT2D eigenvalue weighted by atomic mass is 16.5. The summed E-state index contributed by atoms with van der Waals surface area (Å²) in [4.78, 5) is 74.7. The van der Waals surface area contributed by atoms with E-state index < -0.39 is 40.2 Å². The molecular formula is C38H41N5O10. The van der Waals surface area contributed by atoms with Gasteiger partial charge in [0.15, 0.2) is 23.1 Å². The number of phenols is 1. The van der Waals surface area contributed by atoms with Gasteiger partial charge in [0.25, 0.3) is 5.56 Å². The zero-order chi connectivity index (χ0) is 38.3. The van der Waals surface area contributed by atoms with Crippen LogP contribution in [0.4, 0.5) is 0 Å². The number of methoxy groups -OCH3 is 4. The topological polar surface area (TPSA) is 175 Å². The average Bonchev–Trinajstić information content (AvgIpc) is 3.40. The number of benzene rings is 2. The molecule has 4 atom stereocenters. The Morgan fingerprint density at radius 2 is 1.57 bits per heavy atom. The second kappa shape index (κ2) is 12.7. The van der Waals surface area contributed by atoms with E-state index in [0.717, 1.165) is 4.57 Å². The first-order valence-corrected chi connectivity index (χ1v) is 17.2. The van der Waals surface area contributed by atoms with Crippen LogP contribution in [0.3, 0.4) is 0 Å².